The van der Waals surface area contributed by atoms with Gasteiger partial charge >= 0.3 is 0 Å². The molecule has 0 fully saturated rings. The lowest BCUT2D eigenvalue weighted by molar-refractivity contribution is 0.0888. The van der Waals surface area contributed by atoms with E-state index < -0.39 is 4.32 Å². The van der Waals surface area contributed by atoms with Crippen LogP contribution in [0.5, 0.6) is 5.75 Å². The fraction of sp³-hybridized carbons (Fsp3) is 0.300. The molecular formula is C10H9BrO2. The number of ether oxygens (including phenoxy) is 1. The molecule has 3 heteroatoms. The topological polar surface area (TPSA) is 26.3 Å². The predicted octanol–water partition coefficient (Wildman–Crippen LogP) is 2.42. The second kappa shape index (κ2) is 2.84. The first-order chi connectivity index (χ1) is 6.11. The Kier molecular flexibility index (Phi) is 1.91. The third-order valence-electron chi connectivity index (χ3n) is 2.10. The summed E-state index contributed by atoms with van der Waals surface area (Å²) in [5.41, 5.74) is 0.660. The average Bonchev–Trinajstić information content (AvgIpc) is 2.13. The molecule has 68 valence electrons. The highest BCUT2D eigenvalue weighted by Gasteiger charge is 2.37. The van der Waals surface area contributed by atoms with Gasteiger partial charge in [0.05, 0.1) is 5.56 Å². The summed E-state index contributed by atoms with van der Waals surface area (Å²) in [5.74, 6) is 0.777. The van der Waals surface area contributed by atoms with Gasteiger partial charge in [0.2, 0.25) is 0 Å². The summed E-state index contributed by atoms with van der Waals surface area (Å²) in [5, 5.41) is 0. The Bertz CT molecular complexity index is 358. The van der Waals surface area contributed by atoms with Crippen molar-refractivity contribution in [3.63, 3.8) is 0 Å². The number of benzene rings is 1. The Labute approximate surface area is 85.0 Å². The van der Waals surface area contributed by atoms with Crippen LogP contribution in [0.3, 0.4) is 0 Å². The summed E-state index contributed by atoms with van der Waals surface area (Å²) < 4.78 is 4.87. The van der Waals surface area contributed by atoms with Gasteiger partial charge in [-0.2, -0.15) is 0 Å². The first kappa shape index (κ1) is 8.75. The van der Waals surface area contributed by atoms with E-state index in [1.807, 2.05) is 25.1 Å². The highest BCUT2D eigenvalue weighted by Crippen LogP contribution is 2.33. The average molecular weight is 241 g/mol. The maximum Gasteiger partial charge on any atom is 0.186 e. The van der Waals surface area contributed by atoms with E-state index in [9.17, 15) is 4.79 Å². The standard InChI is InChI=1S/C10H9BrO2/c1-10(11)6-13-8-5-3-2-4-7(8)9(10)12/h2-5H,6H2,1H3/t10-/m1/s1. The molecule has 0 unspecified atom stereocenters. The summed E-state index contributed by atoms with van der Waals surface area (Å²) in [4.78, 5) is 11.8. The van der Waals surface area contributed by atoms with Crippen LogP contribution in [-0.4, -0.2) is 16.7 Å². The molecule has 13 heavy (non-hydrogen) atoms. The molecule has 0 N–H and O–H groups in total. The molecule has 1 aliphatic heterocycles. The van der Waals surface area contributed by atoms with Gasteiger partial charge in [-0.15, -0.1) is 0 Å². The van der Waals surface area contributed by atoms with Crippen LogP contribution in [0.2, 0.25) is 0 Å². The number of hydrogen-bond donors (Lipinski definition) is 0. The van der Waals surface area contributed by atoms with E-state index in [-0.39, 0.29) is 5.78 Å². The van der Waals surface area contributed by atoms with Crippen LogP contribution in [0.25, 0.3) is 0 Å². The van der Waals surface area contributed by atoms with Crippen LogP contribution in [0.4, 0.5) is 0 Å². The van der Waals surface area contributed by atoms with Crippen molar-refractivity contribution >= 4 is 21.7 Å². The van der Waals surface area contributed by atoms with E-state index in [0.717, 1.165) is 0 Å². The molecule has 0 saturated carbocycles. The van der Waals surface area contributed by atoms with E-state index in [2.05, 4.69) is 15.9 Å². The second-order valence-electron chi connectivity index (χ2n) is 3.31. The summed E-state index contributed by atoms with van der Waals surface area (Å²) in [6.45, 7) is 2.22. The lowest BCUT2D eigenvalue weighted by atomic mass is 9.97. The SMILES string of the molecule is C[C@@]1(Br)COc2ccccc2C1=O. The molecular weight excluding hydrogens is 232 g/mol. The molecule has 2 rings (SSSR count). The third kappa shape index (κ3) is 1.37. The summed E-state index contributed by atoms with van der Waals surface area (Å²) in [6.07, 6.45) is 0. The van der Waals surface area contributed by atoms with Crippen molar-refractivity contribution in [3.8, 4) is 5.75 Å². The van der Waals surface area contributed by atoms with E-state index in [0.29, 0.717) is 17.9 Å². The maximum atomic E-state index is 11.8. The molecule has 0 radical (unpaired) electrons. The Morgan fingerprint density at radius 1 is 1.46 bits per heavy atom. The van der Waals surface area contributed by atoms with Crippen LogP contribution in [0, 0.1) is 0 Å². The molecule has 0 aliphatic carbocycles. The van der Waals surface area contributed by atoms with Gasteiger partial charge < -0.3 is 4.74 Å². The Morgan fingerprint density at radius 2 is 2.15 bits per heavy atom. The van der Waals surface area contributed by atoms with Gasteiger partial charge in [0, 0.05) is 0 Å². The molecule has 0 amide bonds. The zero-order valence-corrected chi connectivity index (χ0v) is 8.80. The van der Waals surface area contributed by atoms with Crippen LogP contribution >= 0.6 is 15.9 Å². The molecule has 0 saturated heterocycles. The number of carbonyl (C=O) groups excluding carboxylic acids is 1. The molecule has 2 nitrogen and oxygen atoms in total. The Balaban J connectivity index is 2.52. The number of para-hydroxylation sites is 1. The van der Waals surface area contributed by atoms with Crippen LogP contribution < -0.4 is 4.74 Å². The van der Waals surface area contributed by atoms with Crippen LogP contribution in [0.1, 0.15) is 17.3 Å². The first-order valence-electron chi connectivity index (χ1n) is 4.07. The minimum Gasteiger partial charge on any atom is -0.491 e. The number of Topliss-reactive ketones (excluding diaryl/α,β-unsaturated/α-hetero) is 1. The number of hydrogen-bond acceptors (Lipinski definition) is 2. The van der Waals surface area contributed by atoms with Crippen molar-refractivity contribution in [2.45, 2.75) is 11.2 Å². The Hall–Kier alpha value is -0.830. The summed E-state index contributed by atoms with van der Waals surface area (Å²) in [6, 6.07) is 7.31. The fourth-order valence-electron chi connectivity index (χ4n) is 1.34. The van der Waals surface area contributed by atoms with Gasteiger partial charge in [0.1, 0.15) is 16.7 Å². The maximum absolute atomic E-state index is 11.8. The van der Waals surface area contributed by atoms with E-state index >= 15 is 0 Å². The summed E-state index contributed by atoms with van der Waals surface area (Å²) >= 11 is 3.35. The highest BCUT2D eigenvalue weighted by molar-refractivity contribution is 9.10. The largest absolute Gasteiger partial charge is 0.491 e. The summed E-state index contributed by atoms with van der Waals surface area (Å²) in [7, 11) is 0. The van der Waals surface area contributed by atoms with E-state index in [1.165, 1.54) is 0 Å². The van der Waals surface area contributed by atoms with Crippen molar-refractivity contribution in [3.05, 3.63) is 29.8 Å². The second-order valence-corrected chi connectivity index (χ2v) is 5.06. The van der Waals surface area contributed by atoms with Gasteiger partial charge in [-0.05, 0) is 19.1 Å². The number of rotatable bonds is 0. The third-order valence-corrected chi connectivity index (χ3v) is 2.69. The molecule has 1 aromatic carbocycles. The lowest BCUT2D eigenvalue weighted by Gasteiger charge is -2.27. The van der Waals surface area contributed by atoms with Gasteiger partial charge in [0.15, 0.2) is 5.78 Å². The fourth-order valence-corrected chi connectivity index (χ4v) is 1.67. The van der Waals surface area contributed by atoms with E-state index in [1.54, 1.807) is 6.07 Å². The minimum atomic E-state index is -0.568. The number of fused-ring (bicyclic) bond motifs is 1. The van der Waals surface area contributed by atoms with Crippen molar-refractivity contribution in [2.24, 2.45) is 0 Å². The van der Waals surface area contributed by atoms with Crippen molar-refractivity contribution in [1.82, 2.24) is 0 Å². The zero-order valence-electron chi connectivity index (χ0n) is 7.21. The van der Waals surface area contributed by atoms with Crippen molar-refractivity contribution < 1.29 is 9.53 Å². The molecule has 0 aromatic heterocycles. The monoisotopic (exact) mass is 240 g/mol. The molecule has 1 heterocycles. The molecule has 1 aliphatic rings. The minimum absolute atomic E-state index is 0.0920. The number of alkyl halides is 1. The molecule has 0 spiro atoms. The molecule has 1 atom stereocenters. The first-order valence-corrected chi connectivity index (χ1v) is 4.86. The van der Waals surface area contributed by atoms with Crippen LogP contribution in [0.15, 0.2) is 24.3 Å². The van der Waals surface area contributed by atoms with Crippen molar-refractivity contribution in [2.75, 3.05) is 6.61 Å². The number of carbonyl (C=O) groups is 1. The van der Waals surface area contributed by atoms with Gasteiger partial charge in [-0.1, -0.05) is 28.1 Å². The molecule has 1 aromatic rings. The number of halogens is 1. The molecule has 0 bridgehead atoms. The normalized spacial score (nSPS) is 26.5. The smallest absolute Gasteiger partial charge is 0.186 e. The van der Waals surface area contributed by atoms with E-state index in [4.69, 9.17) is 4.74 Å². The van der Waals surface area contributed by atoms with Crippen molar-refractivity contribution in [1.29, 1.82) is 0 Å². The predicted molar refractivity (Wildman–Crippen MR) is 53.6 cm³/mol. The number of ketones is 1. The Morgan fingerprint density at radius 3 is 2.92 bits per heavy atom. The van der Waals surface area contributed by atoms with Gasteiger partial charge in [-0.25, -0.2) is 0 Å². The van der Waals surface area contributed by atoms with Gasteiger partial charge in [0.25, 0.3) is 0 Å². The quantitative estimate of drug-likeness (QED) is 0.652. The van der Waals surface area contributed by atoms with Crippen LogP contribution in [-0.2, 0) is 0 Å². The highest BCUT2D eigenvalue weighted by atomic mass is 79.9. The van der Waals surface area contributed by atoms with Gasteiger partial charge in [-0.3, -0.25) is 4.79 Å². The zero-order chi connectivity index (χ0) is 9.47. The lowest BCUT2D eigenvalue weighted by Crippen LogP contribution is -2.39.